The number of thioether (sulfide) groups is 1. The van der Waals surface area contributed by atoms with Crippen LogP contribution in [0, 0.1) is 0 Å². The van der Waals surface area contributed by atoms with Gasteiger partial charge >= 0.3 is 0 Å². The second-order valence-electron chi connectivity index (χ2n) is 6.59. The number of ether oxygens (including phenoxy) is 3. The number of hydrogen-bond acceptors (Lipinski definition) is 6. The van der Waals surface area contributed by atoms with Crippen LogP contribution >= 0.6 is 11.8 Å². The predicted molar refractivity (Wildman–Crippen MR) is 120 cm³/mol. The predicted octanol–water partition coefficient (Wildman–Crippen LogP) is 4.65. The maximum absolute atomic E-state index is 12.9. The summed E-state index contributed by atoms with van der Waals surface area (Å²) in [6, 6.07) is 17.3. The van der Waals surface area contributed by atoms with Crippen molar-refractivity contribution in [2.75, 3.05) is 30.8 Å². The van der Waals surface area contributed by atoms with Gasteiger partial charge in [0, 0.05) is 16.6 Å². The summed E-state index contributed by atoms with van der Waals surface area (Å²) in [6.07, 6.45) is 1.95. The molecular weight excluding hydrogens is 416 g/mol. The zero-order chi connectivity index (χ0) is 21.8. The van der Waals surface area contributed by atoms with Crippen LogP contribution in [0.3, 0.4) is 0 Å². The zero-order valence-electron chi connectivity index (χ0n) is 16.9. The van der Waals surface area contributed by atoms with Crippen LogP contribution in [0.25, 0.3) is 0 Å². The van der Waals surface area contributed by atoms with Gasteiger partial charge in [0.05, 0.1) is 23.9 Å². The third kappa shape index (κ3) is 4.44. The molecule has 3 aromatic rings. The highest BCUT2D eigenvalue weighted by Crippen LogP contribution is 2.34. The van der Waals surface area contributed by atoms with Gasteiger partial charge in [-0.25, -0.2) is 0 Å². The first-order chi connectivity index (χ1) is 15.1. The minimum atomic E-state index is -0.368. The third-order valence-corrected chi connectivity index (χ3v) is 5.43. The zero-order valence-corrected chi connectivity index (χ0v) is 17.7. The van der Waals surface area contributed by atoms with Crippen molar-refractivity contribution in [2.45, 2.75) is 4.90 Å². The Balaban J connectivity index is 1.54. The molecule has 2 amide bonds. The number of rotatable bonds is 6. The number of amides is 2. The molecule has 0 spiro atoms. The number of nitrogens with one attached hydrogen (secondary N) is 2. The lowest BCUT2D eigenvalue weighted by atomic mass is 10.1. The number of para-hydroxylation sites is 1. The minimum absolute atomic E-state index is 0.156. The summed E-state index contributed by atoms with van der Waals surface area (Å²) in [7, 11) is 1.52. The van der Waals surface area contributed by atoms with E-state index >= 15 is 0 Å². The van der Waals surface area contributed by atoms with Gasteiger partial charge in [0.15, 0.2) is 11.5 Å². The molecule has 0 atom stereocenters. The number of hydrogen-bond donors (Lipinski definition) is 2. The van der Waals surface area contributed by atoms with Gasteiger partial charge in [-0.3, -0.25) is 9.59 Å². The van der Waals surface area contributed by atoms with Crippen molar-refractivity contribution in [1.82, 2.24) is 0 Å². The van der Waals surface area contributed by atoms with Crippen molar-refractivity contribution in [2.24, 2.45) is 0 Å². The fourth-order valence-corrected chi connectivity index (χ4v) is 3.57. The molecule has 1 aliphatic heterocycles. The molecule has 0 saturated carbocycles. The molecule has 2 N–H and O–H groups in total. The van der Waals surface area contributed by atoms with Crippen molar-refractivity contribution in [3.8, 4) is 17.2 Å². The molecule has 0 unspecified atom stereocenters. The van der Waals surface area contributed by atoms with Gasteiger partial charge in [-0.05, 0) is 48.7 Å². The lowest BCUT2D eigenvalue weighted by Crippen LogP contribution is -2.18. The second-order valence-corrected chi connectivity index (χ2v) is 7.47. The van der Waals surface area contributed by atoms with Crippen LogP contribution in [0.2, 0.25) is 0 Å². The molecule has 8 heteroatoms. The molecule has 0 fully saturated rings. The highest BCUT2D eigenvalue weighted by atomic mass is 32.2. The van der Waals surface area contributed by atoms with Crippen molar-refractivity contribution < 1.29 is 23.8 Å². The number of anilines is 2. The van der Waals surface area contributed by atoms with Crippen LogP contribution in [0.15, 0.2) is 65.6 Å². The Bertz CT molecular complexity index is 1150. The van der Waals surface area contributed by atoms with Gasteiger partial charge < -0.3 is 24.8 Å². The normalized spacial score (nSPS) is 11.7. The van der Waals surface area contributed by atoms with Crippen molar-refractivity contribution >= 4 is 35.0 Å². The van der Waals surface area contributed by atoms with Crippen molar-refractivity contribution in [3.05, 3.63) is 71.8 Å². The van der Waals surface area contributed by atoms with E-state index in [9.17, 15) is 9.59 Å². The quantitative estimate of drug-likeness (QED) is 0.547. The molecule has 158 valence electrons. The van der Waals surface area contributed by atoms with E-state index in [2.05, 4.69) is 10.6 Å². The van der Waals surface area contributed by atoms with Crippen molar-refractivity contribution in [1.29, 1.82) is 0 Å². The summed E-state index contributed by atoms with van der Waals surface area (Å²) in [5.41, 5.74) is 1.66. The Hall–Kier alpha value is -3.65. The molecule has 0 aromatic heterocycles. The molecule has 4 rings (SSSR count). The Morgan fingerprint density at radius 2 is 1.68 bits per heavy atom. The molecular formula is C23H20N2O5S. The number of benzene rings is 3. The van der Waals surface area contributed by atoms with E-state index in [1.165, 1.54) is 7.11 Å². The van der Waals surface area contributed by atoms with E-state index in [1.807, 2.05) is 12.3 Å². The average Bonchev–Trinajstić information content (AvgIpc) is 3.26. The monoisotopic (exact) mass is 436 g/mol. The first-order valence-electron chi connectivity index (χ1n) is 9.42. The van der Waals surface area contributed by atoms with Crippen LogP contribution < -0.4 is 24.8 Å². The molecule has 0 radical (unpaired) electrons. The van der Waals surface area contributed by atoms with E-state index < -0.39 is 0 Å². The fraction of sp³-hybridized carbons (Fsp3) is 0.130. The number of fused-ring (bicyclic) bond motifs is 1. The molecule has 0 aliphatic carbocycles. The first-order valence-corrected chi connectivity index (χ1v) is 10.6. The lowest BCUT2D eigenvalue weighted by Gasteiger charge is -2.13. The topological polar surface area (TPSA) is 85.9 Å². The number of carbonyl (C=O) groups is 2. The average molecular weight is 436 g/mol. The molecule has 3 aromatic carbocycles. The highest BCUT2D eigenvalue weighted by Gasteiger charge is 2.19. The van der Waals surface area contributed by atoms with Crippen LogP contribution in [-0.2, 0) is 0 Å². The summed E-state index contributed by atoms with van der Waals surface area (Å²) < 4.78 is 16.0. The molecule has 0 bridgehead atoms. The number of methoxy groups -OCH3 is 1. The smallest absolute Gasteiger partial charge is 0.259 e. The van der Waals surface area contributed by atoms with Gasteiger partial charge in [0.2, 0.25) is 6.79 Å². The van der Waals surface area contributed by atoms with Gasteiger partial charge in [-0.15, -0.1) is 11.8 Å². The Morgan fingerprint density at radius 3 is 2.48 bits per heavy atom. The Kier molecular flexibility index (Phi) is 5.99. The van der Waals surface area contributed by atoms with E-state index in [0.717, 1.165) is 4.90 Å². The summed E-state index contributed by atoms with van der Waals surface area (Å²) in [5, 5.41) is 5.64. The Labute approximate surface area is 183 Å². The van der Waals surface area contributed by atoms with Crippen LogP contribution in [0.5, 0.6) is 17.2 Å². The minimum Gasteiger partial charge on any atom is -0.496 e. The van der Waals surface area contributed by atoms with E-state index in [1.54, 1.807) is 66.4 Å². The second kappa shape index (κ2) is 9.01. The first kappa shape index (κ1) is 20.6. The Morgan fingerprint density at radius 1 is 0.903 bits per heavy atom. The van der Waals surface area contributed by atoms with Gasteiger partial charge in [-0.2, -0.15) is 0 Å². The maximum atomic E-state index is 12.9. The molecule has 1 heterocycles. The van der Waals surface area contributed by atoms with Gasteiger partial charge in [0.1, 0.15) is 5.75 Å². The molecule has 31 heavy (non-hydrogen) atoms. The fourth-order valence-electron chi connectivity index (χ4n) is 3.14. The largest absolute Gasteiger partial charge is 0.496 e. The van der Waals surface area contributed by atoms with E-state index in [0.29, 0.717) is 39.8 Å². The van der Waals surface area contributed by atoms with Crippen LogP contribution in [0.1, 0.15) is 20.7 Å². The maximum Gasteiger partial charge on any atom is 0.259 e. The standard InChI is InChI=1S/C23H20N2O5S/c1-28-20-12-15(31-2)8-9-17(20)23(27)25-18-6-4-3-5-16(18)22(26)24-14-7-10-19-21(11-14)30-13-29-19/h3-12H,13H2,1-2H3,(H,24,26)(H,25,27). The van der Waals surface area contributed by atoms with E-state index in [-0.39, 0.29) is 18.6 Å². The number of carbonyl (C=O) groups excluding carboxylic acids is 2. The van der Waals surface area contributed by atoms with Crippen LogP contribution in [-0.4, -0.2) is 32.0 Å². The highest BCUT2D eigenvalue weighted by molar-refractivity contribution is 7.98. The SMILES string of the molecule is COc1cc(SC)ccc1C(=O)Nc1ccccc1C(=O)Nc1ccc2c(c1)OCO2. The van der Waals surface area contributed by atoms with Gasteiger partial charge in [0.25, 0.3) is 11.8 Å². The molecule has 1 aliphatic rings. The third-order valence-electron chi connectivity index (χ3n) is 4.70. The van der Waals surface area contributed by atoms with Crippen molar-refractivity contribution in [3.63, 3.8) is 0 Å². The lowest BCUT2D eigenvalue weighted by molar-refractivity contribution is 0.102. The van der Waals surface area contributed by atoms with Gasteiger partial charge in [-0.1, -0.05) is 12.1 Å². The molecule has 0 saturated heterocycles. The summed E-state index contributed by atoms with van der Waals surface area (Å²) >= 11 is 1.56. The summed E-state index contributed by atoms with van der Waals surface area (Å²) in [4.78, 5) is 26.8. The van der Waals surface area contributed by atoms with Crippen LogP contribution in [0.4, 0.5) is 11.4 Å². The summed E-state index contributed by atoms with van der Waals surface area (Å²) in [5.74, 6) is 0.936. The summed E-state index contributed by atoms with van der Waals surface area (Å²) in [6.45, 7) is 0.156. The molecule has 7 nitrogen and oxygen atoms in total. The van der Waals surface area contributed by atoms with E-state index in [4.69, 9.17) is 14.2 Å².